The summed E-state index contributed by atoms with van der Waals surface area (Å²) in [6.45, 7) is 6.16. The van der Waals surface area contributed by atoms with Gasteiger partial charge in [-0.2, -0.15) is 11.8 Å². The maximum Gasteiger partial charge on any atom is 0.188 e. The van der Waals surface area contributed by atoms with Gasteiger partial charge in [-0.05, 0) is 31.9 Å². The molecule has 1 heterocycles. The van der Waals surface area contributed by atoms with E-state index in [1.165, 1.54) is 18.6 Å². The van der Waals surface area contributed by atoms with E-state index in [2.05, 4.69) is 24.2 Å². The molecule has 0 bridgehead atoms. The summed E-state index contributed by atoms with van der Waals surface area (Å²) in [5.41, 5.74) is 5.73. The van der Waals surface area contributed by atoms with Gasteiger partial charge in [-0.25, -0.2) is 0 Å². The van der Waals surface area contributed by atoms with Gasteiger partial charge in [0.25, 0.3) is 0 Å². The highest BCUT2D eigenvalue weighted by molar-refractivity contribution is 8.00. The molecule has 1 saturated heterocycles. The molecule has 1 aliphatic rings. The van der Waals surface area contributed by atoms with E-state index >= 15 is 0 Å². The van der Waals surface area contributed by atoms with Crippen molar-refractivity contribution in [3.63, 3.8) is 0 Å². The first-order chi connectivity index (χ1) is 6.66. The average molecular weight is 215 g/mol. The number of hydrogen-bond acceptors (Lipinski definition) is 2. The third kappa shape index (κ3) is 3.78. The third-order valence-electron chi connectivity index (χ3n) is 2.44. The minimum Gasteiger partial charge on any atom is -0.370 e. The minimum atomic E-state index is 0.332. The van der Waals surface area contributed by atoms with Crippen molar-refractivity contribution in [3.8, 4) is 0 Å². The molecule has 4 heteroatoms. The van der Waals surface area contributed by atoms with Gasteiger partial charge in [0.1, 0.15) is 0 Å². The van der Waals surface area contributed by atoms with Crippen LogP contribution >= 0.6 is 11.8 Å². The van der Waals surface area contributed by atoms with Gasteiger partial charge in [-0.3, -0.25) is 4.99 Å². The lowest BCUT2D eigenvalue weighted by atomic mass is 10.1. The standard InChI is InChI=1S/C10H21N3S/c1-3-6-12-9(11)13-8-10(2)5-4-7-14-10/h3-8H2,1-2H3,(H3,11,12,13). The van der Waals surface area contributed by atoms with Gasteiger partial charge in [0.05, 0.1) is 6.54 Å². The average Bonchev–Trinajstić information content (AvgIpc) is 2.60. The molecule has 1 unspecified atom stereocenters. The Morgan fingerprint density at radius 2 is 2.43 bits per heavy atom. The molecule has 0 aliphatic carbocycles. The fourth-order valence-electron chi connectivity index (χ4n) is 1.52. The number of nitrogens with two attached hydrogens (primary N) is 1. The number of thioether (sulfide) groups is 1. The Labute approximate surface area is 90.9 Å². The van der Waals surface area contributed by atoms with Crippen molar-refractivity contribution in [2.24, 2.45) is 10.7 Å². The Hall–Kier alpha value is -0.380. The molecule has 14 heavy (non-hydrogen) atoms. The van der Waals surface area contributed by atoms with E-state index < -0.39 is 0 Å². The van der Waals surface area contributed by atoms with Gasteiger partial charge in [0, 0.05) is 11.3 Å². The highest BCUT2D eigenvalue weighted by Gasteiger charge is 2.28. The zero-order valence-corrected chi connectivity index (χ0v) is 9.99. The minimum absolute atomic E-state index is 0.332. The van der Waals surface area contributed by atoms with Gasteiger partial charge in [-0.1, -0.05) is 6.92 Å². The SMILES string of the molecule is CCCNC(N)=NCC1(C)CCCS1. The molecule has 3 nitrogen and oxygen atoms in total. The summed E-state index contributed by atoms with van der Waals surface area (Å²) in [5.74, 6) is 1.87. The van der Waals surface area contributed by atoms with E-state index in [4.69, 9.17) is 5.73 Å². The summed E-state index contributed by atoms with van der Waals surface area (Å²) in [6.07, 6.45) is 3.67. The fraction of sp³-hybridized carbons (Fsp3) is 0.900. The third-order valence-corrected chi connectivity index (χ3v) is 3.96. The first-order valence-corrected chi connectivity index (χ1v) is 6.32. The topological polar surface area (TPSA) is 50.4 Å². The van der Waals surface area contributed by atoms with E-state index in [1.807, 2.05) is 11.8 Å². The summed E-state index contributed by atoms with van der Waals surface area (Å²) in [5, 5.41) is 3.09. The van der Waals surface area contributed by atoms with Gasteiger partial charge >= 0.3 is 0 Å². The summed E-state index contributed by atoms with van der Waals surface area (Å²) < 4.78 is 0.332. The van der Waals surface area contributed by atoms with Gasteiger partial charge in [0.2, 0.25) is 0 Å². The van der Waals surface area contributed by atoms with Crippen LogP contribution in [0.5, 0.6) is 0 Å². The van der Waals surface area contributed by atoms with Crippen molar-refractivity contribution in [2.75, 3.05) is 18.8 Å². The van der Waals surface area contributed by atoms with E-state index in [0.29, 0.717) is 10.7 Å². The number of hydrogen-bond donors (Lipinski definition) is 2. The predicted octanol–water partition coefficient (Wildman–Crippen LogP) is 1.59. The largest absolute Gasteiger partial charge is 0.370 e. The molecular formula is C10H21N3S. The Morgan fingerprint density at radius 1 is 1.64 bits per heavy atom. The molecule has 1 fully saturated rings. The van der Waals surface area contributed by atoms with E-state index in [0.717, 1.165) is 19.5 Å². The Bertz CT molecular complexity index is 198. The number of aliphatic imine (C=N–C) groups is 1. The number of nitrogens with one attached hydrogen (secondary N) is 1. The van der Waals surface area contributed by atoms with Crippen molar-refractivity contribution in [3.05, 3.63) is 0 Å². The first kappa shape index (κ1) is 11.7. The van der Waals surface area contributed by atoms with E-state index in [9.17, 15) is 0 Å². The zero-order valence-electron chi connectivity index (χ0n) is 9.18. The van der Waals surface area contributed by atoms with Crippen molar-refractivity contribution < 1.29 is 0 Å². The molecule has 0 amide bonds. The molecule has 3 N–H and O–H groups in total. The van der Waals surface area contributed by atoms with E-state index in [1.54, 1.807) is 0 Å². The quantitative estimate of drug-likeness (QED) is 0.553. The van der Waals surface area contributed by atoms with Crippen LogP contribution in [0.1, 0.15) is 33.1 Å². The highest BCUT2D eigenvalue weighted by atomic mass is 32.2. The van der Waals surface area contributed by atoms with Crippen LogP contribution in [0.3, 0.4) is 0 Å². The summed E-state index contributed by atoms with van der Waals surface area (Å²) in [6, 6.07) is 0. The normalized spacial score (nSPS) is 28.0. The van der Waals surface area contributed by atoms with Crippen LogP contribution in [-0.4, -0.2) is 29.5 Å². The van der Waals surface area contributed by atoms with Crippen LogP contribution < -0.4 is 11.1 Å². The van der Waals surface area contributed by atoms with Crippen LogP contribution in [0.15, 0.2) is 4.99 Å². The molecule has 0 aromatic carbocycles. The van der Waals surface area contributed by atoms with Crippen molar-refractivity contribution >= 4 is 17.7 Å². The smallest absolute Gasteiger partial charge is 0.188 e. The molecule has 1 atom stereocenters. The second-order valence-electron chi connectivity index (χ2n) is 4.03. The number of rotatable bonds is 4. The lowest BCUT2D eigenvalue weighted by molar-refractivity contribution is 0.616. The molecular weight excluding hydrogens is 194 g/mol. The van der Waals surface area contributed by atoms with Crippen LogP contribution in [-0.2, 0) is 0 Å². The molecule has 0 radical (unpaired) electrons. The van der Waals surface area contributed by atoms with Crippen molar-refractivity contribution in [1.82, 2.24) is 5.32 Å². The maximum atomic E-state index is 5.73. The molecule has 0 aromatic heterocycles. The van der Waals surface area contributed by atoms with E-state index in [-0.39, 0.29) is 0 Å². The van der Waals surface area contributed by atoms with Crippen molar-refractivity contribution in [1.29, 1.82) is 0 Å². The van der Waals surface area contributed by atoms with Crippen LogP contribution in [0, 0.1) is 0 Å². The van der Waals surface area contributed by atoms with Crippen LogP contribution in [0.2, 0.25) is 0 Å². The lowest BCUT2D eigenvalue weighted by Gasteiger charge is -2.19. The molecule has 0 aromatic rings. The Balaban J connectivity index is 2.29. The molecule has 0 spiro atoms. The maximum absolute atomic E-state index is 5.73. The first-order valence-electron chi connectivity index (χ1n) is 5.34. The fourth-order valence-corrected chi connectivity index (χ4v) is 2.75. The Kier molecular flexibility index (Phi) is 4.58. The second kappa shape index (κ2) is 5.49. The Morgan fingerprint density at radius 3 is 3.00 bits per heavy atom. The number of nitrogens with zero attached hydrogens (tertiary/aromatic N) is 1. The predicted molar refractivity (Wildman–Crippen MR) is 64.9 cm³/mol. The lowest BCUT2D eigenvalue weighted by Crippen LogP contribution is -2.34. The molecule has 1 rings (SSSR count). The van der Waals surface area contributed by atoms with Crippen molar-refractivity contribution in [2.45, 2.75) is 37.9 Å². The molecule has 1 aliphatic heterocycles. The molecule has 0 saturated carbocycles. The summed E-state index contributed by atoms with van der Waals surface area (Å²) in [4.78, 5) is 4.38. The van der Waals surface area contributed by atoms with Gasteiger partial charge < -0.3 is 11.1 Å². The summed E-state index contributed by atoms with van der Waals surface area (Å²) in [7, 11) is 0. The monoisotopic (exact) mass is 215 g/mol. The number of guanidine groups is 1. The van der Waals surface area contributed by atoms with Crippen LogP contribution in [0.4, 0.5) is 0 Å². The van der Waals surface area contributed by atoms with Crippen LogP contribution in [0.25, 0.3) is 0 Å². The van der Waals surface area contributed by atoms with Gasteiger partial charge in [-0.15, -0.1) is 0 Å². The summed E-state index contributed by atoms with van der Waals surface area (Å²) >= 11 is 2.02. The second-order valence-corrected chi connectivity index (χ2v) is 5.71. The highest BCUT2D eigenvalue weighted by Crippen LogP contribution is 2.37. The molecule has 82 valence electrons. The van der Waals surface area contributed by atoms with Gasteiger partial charge in [0.15, 0.2) is 5.96 Å². The zero-order chi connectivity index (χ0) is 10.4.